The Morgan fingerprint density at radius 3 is 2.64 bits per heavy atom. The fraction of sp³-hybridized carbons (Fsp3) is 0.211. The molecule has 0 aliphatic carbocycles. The van der Waals surface area contributed by atoms with E-state index >= 15 is 0 Å². The van der Waals surface area contributed by atoms with Crippen molar-refractivity contribution in [1.82, 2.24) is 4.98 Å². The minimum atomic E-state index is -0.820. The van der Waals surface area contributed by atoms with E-state index in [1.54, 1.807) is 37.3 Å². The minimum absolute atomic E-state index is 0.0540. The average molecular weight is 606 g/mol. The van der Waals surface area contributed by atoms with Crippen LogP contribution in [0.2, 0.25) is 0 Å². The molecular formula is C19H16I2N2O5. The number of fused-ring (bicyclic) bond motifs is 1. The number of phenolic OH excluding ortho intramolecular Hbond substituents is 1. The second-order valence-corrected chi connectivity index (χ2v) is 8.43. The van der Waals surface area contributed by atoms with E-state index in [-0.39, 0.29) is 18.2 Å². The number of methoxy groups -OCH3 is 1. The Morgan fingerprint density at radius 1 is 1.32 bits per heavy atom. The van der Waals surface area contributed by atoms with Crippen molar-refractivity contribution in [3.63, 3.8) is 0 Å². The van der Waals surface area contributed by atoms with Gasteiger partial charge in [0.1, 0.15) is 11.8 Å². The highest BCUT2D eigenvalue weighted by atomic mass is 127. The predicted molar refractivity (Wildman–Crippen MR) is 122 cm³/mol. The number of aromatic nitrogens is 1. The number of carbonyl (C=O) groups excluding carboxylic acids is 1. The molecule has 1 aromatic heterocycles. The van der Waals surface area contributed by atoms with Crippen LogP contribution in [-0.2, 0) is 16.0 Å². The highest BCUT2D eigenvalue weighted by Gasteiger charge is 2.23. The summed E-state index contributed by atoms with van der Waals surface area (Å²) in [6.45, 7) is 1.80. The van der Waals surface area contributed by atoms with Crippen molar-refractivity contribution in [3.8, 4) is 5.75 Å². The van der Waals surface area contributed by atoms with Gasteiger partial charge in [-0.2, -0.15) is 4.98 Å². The normalized spacial score (nSPS) is 12.0. The Bertz CT molecular complexity index is 1090. The van der Waals surface area contributed by atoms with E-state index in [9.17, 15) is 14.7 Å². The summed E-state index contributed by atoms with van der Waals surface area (Å²) in [5.41, 5.74) is 1.54. The van der Waals surface area contributed by atoms with Gasteiger partial charge in [0.25, 0.3) is 6.01 Å². The fourth-order valence-corrected chi connectivity index (χ4v) is 4.70. The summed E-state index contributed by atoms with van der Waals surface area (Å²) in [4.78, 5) is 28.9. The molecule has 0 spiro atoms. The number of phenols is 1. The number of nitrogens with one attached hydrogen (secondary N) is 1. The third-order valence-corrected chi connectivity index (χ3v) is 5.81. The van der Waals surface area contributed by atoms with Gasteiger partial charge in [-0.25, -0.2) is 9.59 Å². The molecular weight excluding hydrogens is 590 g/mol. The first-order chi connectivity index (χ1) is 13.3. The number of carbonyl (C=O) groups is 1. The molecule has 28 heavy (non-hydrogen) atoms. The van der Waals surface area contributed by atoms with Gasteiger partial charge < -0.3 is 19.6 Å². The van der Waals surface area contributed by atoms with Gasteiger partial charge in [-0.05, 0) is 81.4 Å². The van der Waals surface area contributed by atoms with E-state index in [0.717, 1.165) is 11.1 Å². The molecule has 0 aliphatic rings. The van der Waals surface area contributed by atoms with Gasteiger partial charge in [0.15, 0.2) is 0 Å². The SMILES string of the molecule is COC(=O)[C@H](Cc1cc(I)c(O)c(I)c1)Nc1nc2cccc(C)c2c(=O)o1. The summed E-state index contributed by atoms with van der Waals surface area (Å²) in [6, 6.07) is 8.00. The zero-order valence-corrected chi connectivity index (χ0v) is 19.3. The first-order valence-electron chi connectivity index (χ1n) is 8.22. The molecule has 0 bridgehead atoms. The molecule has 9 heteroatoms. The van der Waals surface area contributed by atoms with Gasteiger partial charge in [-0.3, -0.25) is 0 Å². The Hall–Kier alpha value is -1.89. The van der Waals surface area contributed by atoms with Crippen molar-refractivity contribution in [2.75, 3.05) is 12.4 Å². The molecule has 3 aromatic rings. The molecule has 0 amide bonds. The number of halogens is 2. The predicted octanol–water partition coefficient (Wildman–Crippen LogP) is 3.61. The second-order valence-electron chi connectivity index (χ2n) is 6.11. The van der Waals surface area contributed by atoms with Crippen LogP contribution in [0.25, 0.3) is 10.9 Å². The fourth-order valence-electron chi connectivity index (χ4n) is 2.80. The Kier molecular flexibility index (Phi) is 6.43. The van der Waals surface area contributed by atoms with Crippen LogP contribution in [0, 0.1) is 14.1 Å². The number of anilines is 1. The van der Waals surface area contributed by atoms with Crippen molar-refractivity contribution in [2.45, 2.75) is 19.4 Å². The van der Waals surface area contributed by atoms with Crippen molar-refractivity contribution in [1.29, 1.82) is 0 Å². The van der Waals surface area contributed by atoms with Crippen molar-refractivity contribution < 1.29 is 19.1 Å². The average Bonchev–Trinajstić information content (AvgIpc) is 2.64. The molecule has 2 aromatic carbocycles. The number of nitrogens with zero attached hydrogens (tertiary/aromatic N) is 1. The van der Waals surface area contributed by atoms with E-state index in [2.05, 4.69) is 10.3 Å². The lowest BCUT2D eigenvalue weighted by Crippen LogP contribution is -2.33. The lowest BCUT2D eigenvalue weighted by atomic mass is 10.1. The molecule has 0 fully saturated rings. The lowest BCUT2D eigenvalue weighted by Gasteiger charge is -2.17. The first-order valence-corrected chi connectivity index (χ1v) is 10.4. The smallest absolute Gasteiger partial charge is 0.348 e. The summed E-state index contributed by atoms with van der Waals surface area (Å²) in [6.07, 6.45) is 0.260. The van der Waals surface area contributed by atoms with Crippen molar-refractivity contribution >= 4 is 68.1 Å². The molecule has 0 radical (unpaired) electrons. The summed E-state index contributed by atoms with van der Waals surface area (Å²) in [5, 5.41) is 13.2. The number of aromatic hydroxyl groups is 1. The minimum Gasteiger partial charge on any atom is -0.506 e. The van der Waals surface area contributed by atoms with Crippen LogP contribution in [0.1, 0.15) is 11.1 Å². The molecule has 1 atom stereocenters. The highest BCUT2D eigenvalue weighted by molar-refractivity contribution is 14.1. The molecule has 2 N–H and O–H groups in total. The standard InChI is InChI=1S/C19H16I2N2O5/c1-9-4-3-5-13-15(9)18(26)28-19(22-13)23-14(17(25)27-2)8-10-6-11(20)16(24)12(21)7-10/h3-7,14,24H,8H2,1-2H3,(H,22,23)/t14-/m0/s1. The molecule has 146 valence electrons. The summed E-state index contributed by atoms with van der Waals surface area (Å²) < 4.78 is 11.5. The molecule has 3 rings (SSSR count). The van der Waals surface area contributed by atoms with Crippen LogP contribution in [-0.4, -0.2) is 29.2 Å². The maximum Gasteiger partial charge on any atom is 0.348 e. The zero-order valence-electron chi connectivity index (χ0n) is 15.0. The quantitative estimate of drug-likeness (QED) is 0.338. The van der Waals surface area contributed by atoms with Crippen LogP contribution in [0.3, 0.4) is 0 Å². The van der Waals surface area contributed by atoms with Gasteiger partial charge in [-0.15, -0.1) is 0 Å². The number of hydrogen-bond acceptors (Lipinski definition) is 7. The number of rotatable bonds is 5. The summed E-state index contributed by atoms with van der Waals surface area (Å²) >= 11 is 4.05. The Balaban J connectivity index is 1.95. The van der Waals surface area contributed by atoms with Crippen LogP contribution < -0.4 is 10.9 Å². The number of aryl methyl sites for hydroxylation is 1. The van der Waals surface area contributed by atoms with Crippen molar-refractivity contribution in [2.24, 2.45) is 0 Å². The van der Waals surface area contributed by atoms with Crippen LogP contribution >= 0.6 is 45.2 Å². The zero-order chi connectivity index (χ0) is 20.4. The van der Waals surface area contributed by atoms with Crippen LogP contribution in [0.5, 0.6) is 5.75 Å². The monoisotopic (exact) mass is 606 g/mol. The maximum atomic E-state index is 12.3. The lowest BCUT2D eigenvalue weighted by molar-refractivity contribution is -0.141. The Labute approximate surface area is 187 Å². The molecule has 7 nitrogen and oxygen atoms in total. The summed E-state index contributed by atoms with van der Waals surface area (Å²) in [5.74, 6) is -0.322. The molecule has 1 heterocycles. The number of esters is 1. The third kappa shape index (κ3) is 4.40. The highest BCUT2D eigenvalue weighted by Crippen LogP contribution is 2.28. The van der Waals surface area contributed by atoms with E-state index in [4.69, 9.17) is 9.15 Å². The second kappa shape index (κ2) is 8.64. The first kappa shape index (κ1) is 20.8. The van der Waals surface area contributed by atoms with Gasteiger partial charge in [0.05, 0.1) is 25.2 Å². The van der Waals surface area contributed by atoms with Crippen LogP contribution in [0.4, 0.5) is 6.01 Å². The molecule has 0 unspecified atom stereocenters. The van der Waals surface area contributed by atoms with E-state index < -0.39 is 17.6 Å². The molecule has 0 saturated carbocycles. The summed E-state index contributed by atoms with van der Waals surface area (Å²) in [7, 11) is 1.29. The Morgan fingerprint density at radius 2 is 2.00 bits per heavy atom. The van der Waals surface area contributed by atoms with E-state index in [0.29, 0.717) is 18.0 Å². The number of ether oxygens (including phenoxy) is 1. The van der Waals surface area contributed by atoms with Gasteiger partial charge in [-0.1, -0.05) is 12.1 Å². The third-order valence-electron chi connectivity index (χ3n) is 4.17. The van der Waals surface area contributed by atoms with E-state index in [1.807, 2.05) is 45.2 Å². The largest absolute Gasteiger partial charge is 0.506 e. The van der Waals surface area contributed by atoms with Gasteiger partial charge >= 0.3 is 11.6 Å². The topological polar surface area (TPSA) is 102 Å². The molecule has 0 saturated heterocycles. The van der Waals surface area contributed by atoms with E-state index in [1.165, 1.54) is 7.11 Å². The van der Waals surface area contributed by atoms with Crippen LogP contribution in [0.15, 0.2) is 39.5 Å². The number of benzene rings is 2. The molecule has 0 aliphatic heterocycles. The van der Waals surface area contributed by atoms with Gasteiger partial charge in [0, 0.05) is 6.42 Å². The number of hydrogen-bond donors (Lipinski definition) is 2. The van der Waals surface area contributed by atoms with Crippen molar-refractivity contribution in [3.05, 3.63) is 59.0 Å². The van der Waals surface area contributed by atoms with Gasteiger partial charge in [0.2, 0.25) is 0 Å². The maximum absolute atomic E-state index is 12.3.